The van der Waals surface area contributed by atoms with Gasteiger partial charge in [0.25, 0.3) is 0 Å². The summed E-state index contributed by atoms with van der Waals surface area (Å²) >= 11 is 0. The van der Waals surface area contributed by atoms with Gasteiger partial charge in [0.15, 0.2) is 5.82 Å². The summed E-state index contributed by atoms with van der Waals surface area (Å²) in [5.74, 6) is 1.73. The lowest BCUT2D eigenvalue weighted by atomic mass is 9.92. The van der Waals surface area contributed by atoms with Crippen molar-refractivity contribution in [2.75, 3.05) is 18.0 Å². The van der Waals surface area contributed by atoms with Crippen LogP contribution in [-0.4, -0.2) is 29.3 Å². The lowest BCUT2D eigenvalue weighted by Crippen LogP contribution is -2.47. The van der Waals surface area contributed by atoms with Crippen molar-refractivity contribution in [2.24, 2.45) is 11.7 Å². The van der Waals surface area contributed by atoms with Gasteiger partial charge in [-0.05, 0) is 25.7 Å². The monoisotopic (exact) mass is 270 g/mol. The van der Waals surface area contributed by atoms with Crippen LogP contribution in [0.15, 0.2) is 24.3 Å². The van der Waals surface area contributed by atoms with Crippen molar-refractivity contribution in [1.29, 1.82) is 0 Å². The minimum atomic E-state index is 0.374. The maximum atomic E-state index is 5.98. The van der Waals surface area contributed by atoms with Gasteiger partial charge in [0.2, 0.25) is 0 Å². The lowest BCUT2D eigenvalue weighted by molar-refractivity contribution is 0.365. The molecule has 0 saturated carbocycles. The summed E-state index contributed by atoms with van der Waals surface area (Å²) in [5.41, 5.74) is 6.96. The van der Waals surface area contributed by atoms with Crippen LogP contribution < -0.4 is 10.6 Å². The molecule has 0 bridgehead atoms. The summed E-state index contributed by atoms with van der Waals surface area (Å²) in [6.07, 6.45) is 2.33. The van der Waals surface area contributed by atoms with Gasteiger partial charge in [0.1, 0.15) is 0 Å². The smallest absolute Gasteiger partial charge is 0.159 e. The summed E-state index contributed by atoms with van der Waals surface area (Å²) in [5, 5.41) is 11.2. The lowest BCUT2D eigenvalue weighted by Gasteiger charge is -2.39. The average Bonchev–Trinajstić information content (AvgIpc) is 2.48. The number of fused-ring (bicyclic) bond motifs is 1. The molecule has 1 aliphatic rings. The molecule has 20 heavy (non-hydrogen) atoms. The molecule has 0 aliphatic carbocycles. The van der Waals surface area contributed by atoms with Crippen molar-refractivity contribution in [2.45, 2.75) is 32.7 Å². The highest BCUT2D eigenvalue weighted by molar-refractivity contribution is 5.93. The molecule has 1 aliphatic heterocycles. The van der Waals surface area contributed by atoms with Gasteiger partial charge in [0, 0.05) is 29.9 Å². The molecule has 1 fully saturated rings. The predicted molar refractivity (Wildman–Crippen MR) is 82.9 cm³/mol. The Bertz CT molecular complexity index is 610. The van der Waals surface area contributed by atoms with E-state index in [-0.39, 0.29) is 0 Å². The van der Waals surface area contributed by atoms with E-state index >= 15 is 0 Å². The van der Waals surface area contributed by atoms with Crippen molar-refractivity contribution >= 4 is 16.6 Å². The number of hydrogen-bond acceptors (Lipinski definition) is 4. The summed E-state index contributed by atoms with van der Waals surface area (Å²) in [6.45, 7) is 6.01. The predicted octanol–water partition coefficient (Wildman–Crippen LogP) is 2.50. The second-order valence-corrected chi connectivity index (χ2v) is 5.87. The largest absolute Gasteiger partial charge is 0.350 e. The Labute approximate surface area is 120 Å². The van der Waals surface area contributed by atoms with Crippen LogP contribution in [0.4, 0.5) is 5.82 Å². The van der Waals surface area contributed by atoms with Crippen molar-refractivity contribution in [3.05, 3.63) is 30.0 Å². The van der Waals surface area contributed by atoms with Gasteiger partial charge < -0.3 is 10.6 Å². The number of rotatable bonds is 2. The summed E-state index contributed by atoms with van der Waals surface area (Å²) in [7, 11) is 0. The molecule has 0 spiro atoms. The van der Waals surface area contributed by atoms with Crippen LogP contribution in [0.1, 0.15) is 25.5 Å². The number of nitrogens with zero attached hydrogens (tertiary/aromatic N) is 3. The van der Waals surface area contributed by atoms with Gasteiger partial charge in [-0.25, -0.2) is 0 Å². The minimum Gasteiger partial charge on any atom is -0.350 e. The fraction of sp³-hybridized carbons (Fsp3) is 0.500. The molecule has 4 nitrogen and oxygen atoms in total. The van der Waals surface area contributed by atoms with Gasteiger partial charge in [-0.2, -0.15) is 5.10 Å². The van der Waals surface area contributed by atoms with E-state index in [0.717, 1.165) is 30.4 Å². The number of hydrogen-bond donors (Lipinski definition) is 1. The third kappa shape index (κ3) is 2.24. The van der Waals surface area contributed by atoms with Crippen LogP contribution in [0.5, 0.6) is 0 Å². The molecule has 1 aromatic carbocycles. The Morgan fingerprint density at radius 2 is 2.00 bits per heavy atom. The van der Waals surface area contributed by atoms with Gasteiger partial charge in [-0.1, -0.05) is 31.2 Å². The highest BCUT2D eigenvalue weighted by Gasteiger charge is 2.27. The third-order valence-electron chi connectivity index (χ3n) is 4.37. The Kier molecular flexibility index (Phi) is 3.57. The van der Waals surface area contributed by atoms with E-state index in [0.29, 0.717) is 12.6 Å². The maximum Gasteiger partial charge on any atom is 0.159 e. The SMILES string of the molecule is Cc1nnc(N2CCC(C)CC2CN)c2ccccc12. The zero-order valence-electron chi connectivity index (χ0n) is 12.2. The Balaban J connectivity index is 2.07. The van der Waals surface area contributed by atoms with Crippen LogP contribution >= 0.6 is 0 Å². The first-order valence-electron chi connectivity index (χ1n) is 7.39. The van der Waals surface area contributed by atoms with E-state index in [1.54, 1.807) is 0 Å². The molecule has 2 atom stereocenters. The second kappa shape index (κ2) is 5.37. The number of anilines is 1. The quantitative estimate of drug-likeness (QED) is 0.911. The molecule has 0 radical (unpaired) electrons. The number of piperidine rings is 1. The van der Waals surface area contributed by atoms with E-state index in [4.69, 9.17) is 5.73 Å². The fourth-order valence-corrected chi connectivity index (χ4v) is 3.19. The fourth-order valence-electron chi connectivity index (χ4n) is 3.19. The van der Waals surface area contributed by atoms with Gasteiger partial charge in [-0.15, -0.1) is 5.10 Å². The molecule has 1 saturated heterocycles. The van der Waals surface area contributed by atoms with Crippen LogP contribution in [0.25, 0.3) is 10.8 Å². The van der Waals surface area contributed by atoms with Gasteiger partial charge >= 0.3 is 0 Å². The first kappa shape index (κ1) is 13.3. The second-order valence-electron chi connectivity index (χ2n) is 5.87. The molecule has 3 rings (SSSR count). The number of nitrogens with two attached hydrogens (primary N) is 1. The summed E-state index contributed by atoms with van der Waals surface area (Å²) in [6, 6.07) is 8.75. The van der Waals surface area contributed by atoms with E-state index in [9.17, 15) is 0 Å². The molecule has 2 unspecified atom stereocenters. The molecular weight excluding hydrogens is 248 g/mol. The number of aryl methyl sites for hydroxylation is 1. The van der Waals surface area contributed by atoms with Crippen LogP contribution in [0, 0.1) is 12.8 Å². The normalized spacial score (nSPS) is 23.2. The Hall–Kier alpha value is -1.68. The standard InChI is InChI=1S/C16H22N4/c1-11-7-8-20(13(9-11)10-17)16-15-6-4-3-5-14(15)12(2)18-19-16/h3-6,11,13H,7-10,17H2,1-2H3. The van der Waals surface area contributed by atoms with Gasteiger partial charge in [-0.3, -0.25) is 0 Å². The highest BCUT2D eigenvalue weighted by atomic mass is 15.3. The number of aromatic nitrogens is 2. The van der Waals surface area contributed by atoms with E-state index in [2.05, 4.69) is 46.3 Å². The Morgan fingerprint density at radius 1 is 1.25 bits per heavy atom. The molecule has 1 aromatic heterocycles. The van der Waals surface area contributed by atoms with Crippen LogP contribution in [-0.2, 0) is 0 Å². The molecule has 0 amide bonds. The van der Waals surface area contributed by atoms with E-state index in [1.165, 1.54) is 17.2 Å². The van der Waals surface area contributed by atoms with Crippen molar-refractivity contribution in [3.63, 3.8) is 0 Å². The molecular formula is C16H22N4. The topological polar surface area (TPSA) is 55.0 Å². The number of benzene rings is 1. The first-order chi connectivity index (χ1) is 9.70. The van der Waals surface area contributed by atoms with Crippen LogP contribution in [0.3, 0.4) is 0 Å². The first-order valence-corrected chi connectivity index (χ1v) is 7.39. The molecule has 4 heteroatoms. The minimum absolute atomic E-state index is 0.374. The summed E-state index contributed by atoms with van der Waals surface area (Å²) in [4.78, 5) is 2.36. The van der Waals surface area contributed by atoms with Gasteiger partial charge in [0.05, 0.1) is 5.69 Å². The molecule has 2 heterocycles. The zero-order valence-corrected chi connectivity index (χ0v) is 12.2. The highest BCUT2D eigenvalue weighted by Crippen LogP contribution is 2.31. The van der Waals surface area contributed by atoms with Crippen molar-refractivity contribution in [1.82, 2.24) is 10.2 Å². The third-order valence-corrected chi connectivity index (χ3v) is 4.37. The Morgan fingerprint density at radius 3 is 2.75 bits per heavy atom. The molecule has 106 valence electrons. The molecule has 2 N–H and O–H groups in total. The molecule has 2 aromatic rings. The van der Waals surface area contributed by atoms with Crippen molar-refractivity contribution < 1.29 is 0 Å². The van der Waals surface area contributed by atoms with Crippen molar-refractivity contribution in [3.8, 4) is 0 Å². The maximum absolute atomic E-state index is 5.98. The van der Waals surface area contributed by atoms with E-state index < -0.39 is 0 Å². The summed E-state index contributed by atoms with van der Waals surface area (Å²) < 4.78 is 0. The average molecular weight is 270 g/mol. The van der Waals surface area contributed by atoms with E-state index in [1.807, 2.05) is 6.92 Å². The van der Waals surface area contributed by atoms with Crippen LogP contribution in [0.2, 0.25) is 0 Å². The zero-order chi connectivity index (χ0) is 14.1.